The van der Waals surface area contributed by atoms with Gasteiger partial charge in [0.25, 0.3) is 0 Å². The molecule has 0 unspecified atom stereocenters. The van der Waals surface area contributed by atoms with Gasteiger partial charge in [0.1, 0.15) is 6.33 Å². The van der Waals surface area contributed by atoms with Gasteiger partial charge >= 0.3 is 0 Å². The lowest BCUT2D eigenvalue weighted by Crippen LogP contribution is -2.47. The second-order valence-corrected chi connectivity index (χ2v) is 4.11. The third-order valence-corrected chi connectivity index (χ3v) is 2.40. The van der Waals surface area contributed by atoms with Gasteiger partial charge in [-0.2, -0.15) is 0 Å². The molecule has 1 saturated heterocycles. The molecule has 4 nitrogen and oxygen atoms in total. The molecule has 0 bridgehead atoms. The maximum atomic E-state index is 5.18. The molecule has 1 aromatic rings. The van der Waals surface area contributed by atoms with Crippen molar-refractivity contribution in [3.8, 4) is 0 Å². The van der Waals surface area contributed by atoms with Crippen molar-refractivity contribution in [2.75, 3.05) is 19.8 Å². The van der Waals surface area contributed by atoms with E-state index in [0.717, 1.165) is 32.0 Å². The SMILES string of the molecule is CC1(CNCc2ccncn2)COC1. The number of hydrogen-bond donors (Lipinski definition) is 1. The Morgan fingerprint density at radius 3 is 3.00 bits per heavy atom. The number of nitrogens with one attached hydrogen (secondary N) is 1. The van der Waals surface area contributed by atoms with Crippen molar-refractivity contribution in [2.24, 2.45) is 5.41 Å². The molecular formula is C10H15N3O. The molecule has 2 rings (SSSR count). The second kappa shape index (κ2) is 4.02. The molecule has 76 valence electrons. The maximum Gasteiger partial charge on any atom is 0.115 e. The molecule has 1 N–H and O–H groups in total. The van der Waals surface area contributed by atoms with Crippen LogP contribution >= 0.6 is 0 Å². The van der Waals surface area contributed by atoms with Crippen molar-refractivity contribution in [1.82, 2.24) is 15.3 Å². The number of ether oxygens (including phenoxy) is 1. The largest absolute Gasteiger partial charge is 0.380 e. The van der Waals surface area contributed by atoms with E-state index in [1.54, 1.807) is 12.5 Å². The van der Waals surface area contributed by atoms with Gasteiger partial charge in [-0.15, -0.1) is 0 Å². The van der Waals surface area contributed by atoms with Gasteiger partial charge in [0.2, 0.25) is 0 Å². The highest BCUT2D eigenvalue weighted by atomic mass is 16.5. The highest BCUT2D eigenvalue weighted by molar-refractivity contribution is 4.97. The summed E-state index contributed by atoms with van der Waals surface area (Å²) in [6.45, 7) is 5.74. The molecule has 14 heavy (non-hydrogen) atoms. The molecule has 0 aromatic carbocycles. The minimum atomic E-state index is 0.326. The molecule has 0 aliphatic carbocycles. The predicted octanol–water partition coefficient (Wildman–Crippen LogP) is 0.603. The van der Waals surface area contributed by atoms with Crippen LogP contribution in [0.25, 0.3) is 0 Å². The van der Waals surface area contributed by atoms with Crippen LogP contribution in [0.1, 0.15) is 12.6 Å². The fourth-order valence-electron chi connectivity index (χ4n) is 1.47. The Morgan fingerprint density at radius 2 is 2.43 bits per heavy atom. The Balaban J connectivity index is 1.73. The van der Waals surface area contributed by atoms with Crippen molar-refractivity contribution in [1.29, 1.82) is 0 Å². The zero-order valence-corrected chi connectivity index (χ0v) is 8.36. The smallest absolute Gasteiger partial charge is 0.115 e. The van der Waals surface area contributed by atoms with Crippen LogP contribution < -0.4 is 5.32 Å². The van der Waals surface area contributed by atoms with Crippen LogP contribution in [0.4, 0.5) is 0 Å². The molecule has 1 aromatic heterocycles. The maximum absolute atomic E-state index is 5.18. The van der Waals surface area contributed by atoms with Gasteiger partial charge in [0, 0.05) is 24.7 Å². The summed E-state index contributed by atoms with van der Waals surface area (Å²) in [5.41, 5.74) is 1.36. The van der Waals surface area contributed by atoms with Crippen molar-refractivity contribution in [3.63, 3.8) is 0 Å². The Hall–Kier alpha value is -1.00. The average molecular weight is 193 g/mol. The Kier molecular flexibility index (Phi) is 2.74. The van der Waals surface area contributed by atoms with Gasteiger partial charge in [-0.1, -0.05) is 6.92 Å². The fourth-order valence-corrected chi connectivity index (χ4v) is 1.47. The van der Waals surface area contributed by atoms with Crippen molar-refractivity contribution in [2.45, 2.75) is 13.5 Å². The summed E-state index contributed by atoms with van der Waals surface area (Å²) in [6, 6.07) is 1.92. The van der Waals surface area contributed by atoms with Crippen LogP contribution in [0.15, 0.2) is 18.6 Å². The Morgan fingerprint density at radius 1 is 1.57 bits per heavy atom. The lowest BCUT2D eigenvalue weighted by atomic mass is 9.89. The van der Waals surface area contributed by atoms with Crippen LogP contribution in [0.3, 0.4) is 0 Å². The minimum absolute atomic E-state index is 0.326. The summed E-state index contributed by atoms with van der Waals surface area (Å²) in [5.74, 6) is 0. The number of nitrogens with zero attached hydrogens (tertiary/aromatic N) is 2. The molecule has 0 saturated carbocycles. The topological polar surface area (TPSA) is 47.0 Å². The lowest BCUT2D eigenvalue weighted by molar-refractivity contribution is -0.0991. The molecule has 4 heteroatoms. The monoisotopic (exact) mass is 193 g/mol. The zero-order chi connectivity index (χ0) is 9.86. The van der Waals surface area contributed by atoms with Gasteiger partial charge in [-0.25, -0.2) is 9.97 Å². The molecule has 0 amide bonds. The van der Waals surface area contributed by atoms with E-state index in [9.17, 15) is 0 Å². The van der Waals surface area contributed by atoms with Gasteiger partial charge < -0.3 is 10.1 Å². The van der Waals surface area contributed by atoms with Crippen LogP contribution in [-0.4, -0.2) is 29.7 Å². The zero-order valence-electron chi connectivity index (χ0n) is 8.36. The molecular weight excluding hydrogens is 178 g/mol. The van der Waals surface area contributed by atoms with E-state index < -0.39 is 0 Å². The van der Waals surface area contributed by atoms with E-state index in [1.165, 1.54) is 0 Å². The van der Waals surface area contributed by atoms with E-state index in [2.05, 4.69) is 22.2 Å². The van der Waals surface area contributed by atoms with E-state index in [4.69, 9.17) is 4.74 Å². The van der Waals surface area contributed by atoms with Gasteiger partial charge in [-0.05, 0) is 6.07 Å². The first-order chi connectivity index (χ1) is 6.79. The third kappa shape index (κ3) is 2.27. The summed E-state index contributed by atoms with van der Waals surface area (Å²) >= 11 is 0. The molecule has 1 aliphatic heterocycles. The number of hydrogen-bond acceptors (Lipinski definition) is 4. The highest BCUT2D eigenvalue weighted by Gasteiger charge is 2.32. The fraction of sp³-hybridized carbons (Fsp3) is 0.600. The van der Waals surface area contributed by atoms with E-state index >= 15 is 0 Å². The summed E-state index contributed by atoms with van der Waals surface area (Å²) < 4.78 is 5.18. The molecule has 2 heterocycles. The summed E-state index contributed by atoms with van der Waals surface area (Å²) in [5, 5.41) is 3.37. The van der Waals surface area contributed by atoms with Crippen molar-refractivity contribution in [3.05, 3.63) is 24.3 Å². The first-order valence-electron chi connectivity index (χ1n) is 4.82. The number of aromatic nitrogens is 2. The Bertz CT molecular complexity index is 285. The van der Waals surface area contributed by atoms with Gasteiger partial charge in [0.05, 0.1) is 18.9 Å². The number of rotatable bonds is 4. The highest BCUT2D eigenvalue weighted by Crippen LogP contribution is 2.24. The molecule has 0 radical (unpaired) electrons. The average Bonchev–Trinajstić information content (AvgIpc) is 2.17. The van der Waals surface area contributed by atoms with E-state index in [-0.39, 0.29) is 0 Å². The first-order valence-corrected chi connectivity index (χ1v) is 4.82. The van der Waals surface area contributed by atoms with E-state index in [1.807, 2.05) is 6.07 Å². The van der Waals surface area contributed by atoms with Gasteiger partial charge in [-0.3, -0.25) is 0 Å². The second-order valence-electron chi connectivity index (χ2n) is 4.11. The van der Waals surface area contributed by atoms with Crippen LogP contribution in [0.2, 0.25) is 0 Å². The quantitative estimate of drug-likeness (QED) is 0.760. The predicted molar refractivity (Wildman–Crippen MR) is 52.7 cm³/mol. The van der Waals surface area contributed by atoms with Crippen LogP contribution in [-0.2, 0) is 11.3 Å². The van der Waals surface area contributed by atoms with E-state index in [0.29, 0.717) is 5.41 Å². The third-order valence-electron chi connectivity index (χ3n) is 2.40. The molecule has 0 atom stereocenters. The summed E-state index contributed by atoms with van der Waals surface area (Å²) in [7, 11) is 0. The summed E-state index contributed by atoms with van der Waals surface area (Å²) in [4.78, 5) is 8.01. The minimum Gasteiger partial charge on any atom is -0.380 e. The van der Waals surface area contributed by atoms with Gasteiger partial charge in [0.15, 0.2) is 0 Å². The molecule has 0 spiro atoms. The van der Waals surface area contributed by atoms with Crippen molar-refractivity contribution >= 4 is 0 Å². The molecule has 1 fully saturated rings. The normalized spacial score (nSPS) is 18.9. The lowest BCUT2D eigenvalue weighted by Gasteiger charge is -2.38. The van der Waals surface area contributed by atoms with Crippen LogP contribution in [0.5, 0.6) is 0 Å². The summed E-state index contributed by atoms with van der Waals surface area (Å²) in [6.07, 6.45) is 3.34. The Labute approximate surface area is 83.7 Å². The standard InChI is InChI=1S/C10H15N3O/c1-10(6-14-7-10)5-12-4-9-2-3-11-8-13-9/h2-3,8,12H,4-7H2,1H3. The van der Waals surface area contributed by atoms with Crippen molar-refractivity contribution < 1.29 is 4.74 Å². The first kappa shape index (κ1) is 9.55. The molecule has 1 aliphatic rings. The van der Waals surface area contributed by atoms with Crippen LogP contribution in [0, 0.1) is 5.41 Å².